The maximum absolute atomic E-state index is 9.60. The van der Waals surface area contributed by atoms with Crippen molar-refractivity contribution in [1.82, 2.24) is 9.97 Å². The van der Waals surface area contributed by atoms with Crippen LogP contribution in [-0.4, -0.2) is 27.7 Å². The van der Waals surface area contributed by atoms with Crippen molar-refractivity contribution in [3.8, 4) is 11.5 Å². The summed E-state index contributed by atoms with van der Waals surface area (Å²) in [5.74, 6) is 2.29. The van der Waals surface area contributed by atoms with E-state index in [1.165, 1.54) is 0 Å². The molecule has 0 saturated heterocycles. The molecular weight excluding hydrogens is 316 g/mol. The Morgan fingerprint density at radius 1 is 1.30 bits per heavy atom. The van der Waals surface area contributed by atoms with E-state index in [0.29, 0.717) is 34.8 Å². The normalized spacial score (nSPS) is 20.4. The number of ether oxygens (including phenoxy) is 1. The Labute approximate surface area is 139 Å². The van der Waals surface area contributed by atoms with Gasteiger partial charge in [0, 0.05) is 11.6 Å². The van der Waals surface area contributed by atoms with Gasteiger partial charge >= 0.3 is 0 Å². The molecule has 0 amide bonds. The summed E-state index contributed by atoms with van der Waals surface area (Å²) in [5, 5.41) is 13.5. The monoisotopic (exact) mass is 334 g/mol. The third-order valence-electron chi connectivity index (χ3n) is 3.89. The molecule has 2 aromatic rings. The predicted molar refractivity (Wildman–Crippen MR) is 89.8 cm³/mol. The lowest BCUT2D eigenvalue weighted by atomic mass is 10.1. The Bertz CT molecular complexity index is 666. The zero-order chi connectivity index (χ0) is 16.2. The number of rotatable bonds is 5. The van der Waals surface area contributed by atoms with Crippen LogP contribution in [0.25, 0.3) is 0 Å². The molecule has 1 aromatic heterocycles. The van der Waals surface area contributed by atoms with E-state index in [1.807, 2.05) is 0 Å². The number of aliphatic hydroxyl groups is 1. The first-order valence-corrected chi connectivity index (χ1v) is 7.96. The number of anilines is 2. The number of nitrogens with zero attached hydrogens (tertiary/aromatic N) is 2. The number of nitrogens with two attached hydrogens (primary N) is 1. The fraction of sp³-hybridized carbons (Fsp3) is 0.375. The highest BCUT2D eigenvalue weighted by Crippen LogP contribution is 2.30. The molecule has 0 radical (unpaired) electrons. The SMILES string of the molecule is Nc1ncc(Oc2ccc(Cl)cc2)c(NC[C@H]2CC[C@@H](O)C2)n1. The highest BCUT2D eigenvalue weighted by molar-refractivity contribution is 6.30. The topological polar surface area (TPSA) is 93.3 Å². The molecule has 1 fully saturated rings. The van der Waals surface area contributed by atoms with Gasteiger partial charge in [-0.2, -0.15) is 4.98 Å². The molecule has 23 heavy (non-hydrogen) atoms. The zero-order valence-corrected chi connectivity index (χ0v) is 13.3. The van der Waals surface area contributed by atoms with Gasteiger partial charge in [-0.1, -0.05) is 11.6 Å². The summed E-state index contributed by atoms with van der Waals surface area (Å²) in [7, 11) is 0. The summed E-state index contributed by atoms with van der Waals surface area (Å²) in [5.41, 5.74) is 5.67. The van der Waals surface area contributed by atoms with Crippen LogP contribution in [0.5, 0.6) is 11.5 Å². The standard InChI is InChI=1S/C16H19ClN4O2/c17-11-2-5-13(6-3-11)23-14-9-20-16(18)21-15(14)19-8-10-1-4-12(22)7-10/h2-3,5-6,9-10,12,22H,1,4,7-8H2,(H3,18,19,20,21)/t10-,12+/m0/s1. The summed E-state index contributed by atoms with van der Waals surface area (Å²) in [6, 6.07) is 7.05. The van der Waals surface area contributed by atoms with E-state index in [9.17, 15) is 5.11 Å². The Balaban J connectivity index is 1.70. The van der Waals surface area contributed by atoms with Crippen LogP contribution in [0.2, 0.25) is 5.02 Å². The van der Waals surface area contributed by atoms with E-state index < -0.39 is 0 Å². The van der Waals surface area contributed by atoms with Gasteiger partial charge in [0.25, 0.3) is 0 Å². The fourth-order valence-corrected chi connectivity index (χ4v) is 2.82. The largest absolute Gasteiger partial charge is 0.452 e. The van der Waals surface area contributed by atoms with E-state index >= 15 is 0 Å². The van der Waals surface area contributed by atoms with Crippen molar-refractivity contribution < 1.29 is 9.84 Å². The molecule has 122 valence electrons. The molecule has 1 aliphatic carbocycles. The van der Waals surface area contributed by atoms with Gasteiger partial charge in [0.1, 0.15) is 5.75 Å². The Hall–Kier alpha value is -2.05. The number of benzene rings is 1. The first-order valence-electron chi connectivity index (χ1n) is 7.58. The second-order valence-corrected chi connectivity index (χ2v) is 6.15. The van der Waals surface area contributed by atoms with E-state index in [2.05, 4.69) is 15.3 Å². The van der Waals surface area contributed by atoms with E-state index in [4.69, 9.17) is 22.1 Å². The van der Waals surface area contributed by atoms with Crippen LogP contribution in [0.4, 0.5) is 11.8 Å². The van der Waals surface area contributed by atoms with Gasteiger partial charge in [-0.25, -0.2) is 4.98 Å². The molecule has 1 heterocycles. The minimum Gasteiger partial charge on any atom is -0.452 e. The second-order valence-electron chi connectivity index (χ2n) is 5.71. The van der Waals surface area contributed by atoms with Gasteiger partial charge < -0.3 is 20.9 Å². The lowest BCUT2D eigenvalue weighted by Crippen LogP contribution is -2.14. The van der Waals surface area contributed by atoms with Crippen molar-refractivity contribution in [2.45, 2.75) is 25.4 Å². The number of aromatic nitrogens is 2. The van der Waals surface area contributed by atoms with Crippen molar-refractivity contribution in [1.29, 1.82) is 0 Å². The van der Waals surface area contributed by atoms with E-state index in [1.54, 1.807) is 30.5 Å². The molecule has 1 aromatic carbocycles. The predicted octanol–water partition coefficient (Wildman–Crippen LogP) is 3.08. The number of hydrogen-bond donors (Lipinski definition) is 3. The molecule has 0 aliphatic heterocycles. The number of aliphatic hydroxyl groups excluding tert-OH is 1. The van der Waals surface area contributed by atoms with Gasteiger partial charge in [-0.15, -0.1) is 0 Å². The first-order chi connectivity index (χ1) is 11.1. The van der Waals surface area contributed by atoms with Crippen molar-refractivity contribution >= 4 is 23.4 Å². The van der Waals surface area contributed by atoms with Gasteiger partial charge in [0.2, 0.25) is 5.95 Å². The minimum absolute atomic E-state index is 0.183. The van der Waals surface area contributed by atoms with Crippen LogP contribution in [0.15, 0.2) is 30.5 Å². The van der Waals surface area contributed by atoms with Crippen LogP contribution in [-0.2, 0) is 0 Å². The fourth-order valence-electron chi connectivity index (χ4n) is 2.69. The van der Waals surface area contributed by atoms with Gasteiger partial charge in [-0.05, 0) is 49.4 Å². The molecule has 2 atom stereocenters. The summed E-state index contributed by atoms with van der Waals surface area (Å²) in [6.45, 7) is 0.713. The molecule has 0 unspecified atom stereocenters. The highest BCUT2D eigenvalue weighted by Gasteiger charge is 2.23. The number of halogens is 1. The lowest BCUT2D eigenvalue weighted by molar-refractivity contribution is 0.178. The number of nitrogen functional groups attached to an aromatic ring is 1. The van der Waals surface area contributed by atoms with Crippen LogP contribution < -0.4 is 15.8 Å². The third-order valence-corrected chi connectivity index (χ3v) is 4.14. The maximum Gasteiger partial charge on any atom is 0.222 e. The average molecular weight is 335 g/mol. The summed E-state index contributed by atoms with van der Waals surface area (Å²) in [4.78, 5) is 8.19. The van der Waals surface area contributed by atoms with Gasteiger partial charge in [0.15, 0.2) is 11.6 Å². The Morgan fingerprint density at radius 3 is 2.78 bits per heavy atom. The maximum atomic E-state index is 9.60. The molecule has 1 aliphatic rings. The number of hydrogen-bond acceptors (Lipinski definition) is 6. The molecule has 0 bridgehead atoms. The number of nitrogens with one attached hydrogen (secondary N) is 1. The Kier molecular flexibility index (Phi) is 4.83. The van der Waals surface area contributed by atoms with Crippen molar-refractivity contribution in [3.05, 3.63) is 35.5 Å². The minimum atomic E-state index is -0.193. The zero-order valence-electron chi connectivity index (χ0n) is 12.6. The quantitative estimate of drug-likeness (QED) is 0.778. The highest BCUT2D eigenvalue weighted by atomic mass is 35.5. The average Bonchev–Trinajstić information content (AvgIpc) is 2.95. The smallest absolute Gasteiger partial charge is 0.222 e. The molecule has 7 heteroatoms. The van der Waals surface area contributed by atoms with Gasteiger partial charge in [0.05, 0.1) is 12.3 Å². The molecule has 4 N–H and O–H groups in total. The third kappa shape index (κ3) is 4.24. The summed E-state index contributed by atoms with van der Waals surface area (Å²) < 4.78 is 5.80. The van der Waals surface area contributed by atoms with Crippen LogP contribution in [0.3, 0.4) is 0 Å². The molecule has 1 saturated carbocycles. The molecule has 6 nitrogen and oxygen atoms in total. The van der Waals surface area contributed by atoms with Crippen molar-refractivity contribution in [2.75, 3.05) is 17.6 Å². The van der Waals surface area contributed by atoms with Crippen LogP contribution in [0, 0.1) is 5.92 Å². The van der Waals surface area contributed by atoms with Crippen molar-refractivity contribution in [2.24, 2.45) is 5.92 Å². The lowest BCUT2D eigenvalue weighted by Gasteiger charge is -2.15. The van der Waals surface area contributed by atoms with E-state index in [-0.39, 0.29) is 12.1 Å². The first kappa shape index (κ1) is 15.8. The molecule has 3 rings (SSSR count). The summed E-state index contributed by atoms with van der Waals surface area (Å²) in [6.07, 6.45) is 4.01. The molecular formula is C16H19ClN4O2. The summed E-state index contributed by atoms with van der Waals surface area (Å²) >= 11 is 5.87. The van der Waals surface area contributed by atoms with Crippen LogP contribution in [0.1, 0.15) is 19.3 Å². The Morgan fingerprint density at radius 2 is 2.09 bits per heavy atom. The molecule has 0 spiro atoms. The van der Waals surface area contributed by atoms with E-state index in [0.717, 1.165) is 19.3 Å². The van der Waals surface area contributed by atoms with Gasteiger partial charge in [-0.3, -0.25) is 0 Å². The second kappa shape index (κ2) is 7.02. The van der Waals surface area contributed by atoms with Crippen LogP contribution >= 0.6 is 11.6 Å². The van der Waals surface area contributed by atoms with Crippen molar-refractivity contribution in [3.63, 3.8) is 0 Å².